The molecule has 0 aliphatic carbocycles. The summed E-state index contributed by atoms with van der Waals surface area (Å²) in [6.07, 6.45) is -0.0106. The van der Waals surface area contributed by atoms with E-state index in [1.807, 2.05) is 13.8 Å². The maximum absolute atomic E-state index is 13.8. The molecular weight excluding hydrogens is 522 g/mol. The van der Waals surface area contributed by atoms with Crippen LogP contribution in [-0.2, 0) is 11.2 Å². The van der Waals surface area contributed by atoms with E-state index in [2.05, 4.69) is 5.32 Å². The molecule has 220 valence electrons. The van der Waals surface area contributed by atoms with Crippen LogP contribution >= 0.6 is 0 Å². The predicted octanol–water partition coefficient (Wildman–Crippen LogP) is 2.02. The number of nitrogens with zero attached hydrogens (tertiary/aromatic N) is 2. The molecule has 40 heavy (non-hydrogen) atoms. The predicted molar refractivity (Wildman–Crippen MR) is 148 cm³/mol. The van der Waals surface area contributed by atoms with Crippen LogP contribution in [0.5, 0.6) is 0 Å². The lowest BCUT2D eigenvalue weighted by atomic mass is 9.99. The Hall–Kier alpha value is -3.41. The van der Waals surface area contributed by atoms with Crippen LogP contribution in [0, 0.1) is 18.6 Å². The maximum atomic E-state index is 13.8. The number of hydrogen-bond acceptors (Lipinski definition) is 6. The van der Waals surface area contributed by atoms with Crippen LogP contribution in [0.3, 0.4) is 0 Å². The molecular formula is C29H40F2N4O5. The fourth-order valence-corrected chi connectivity index (χ4v) is 4.55. The number of halogens is 2. The first-order chi connectivity index (χ1) is 18.9. The summed E-state index contributed by atoms with van der Waals surface area (Å²) in [6, 6.07) is 5.11. The normalized spacial score (nSPS) is 13.3. The summed E-state index contributed by atoms with van der Waals surface area (Å²) in [5.74, 6) is -3.21. The van der Waals surface area contributed by atoms with Gasteiger partial charge < -0.3 is 31.1 Å². The van der Waals surface area contributed by atoms with Gasteiger partial charge in [-0.2, -0.15) is 0 Å². The van der Waals surface area contributed by atoms with Gasteiger partial charge in [0.05, 0.1) is 12.7 Å². The number of carbonyl (C=O) groups excluding carboxylic acids is 3. The summed E-state index contributed by atoms with van der Waals surface area (Å²) in [7, 11) is 1.34. The number of aliphatic hydroxyl groups excluding tert-OH is 2. The minimum Gasteiger partial charge on any atom is -0.394 e. The van der Waals surface area contributed by atoms with Gasteiger partial charge in [-0.05, 0) is 67.6 Å². The van der Waals surface area contributed by atoms with Crippen molar-refractivity contribution in [2.45, 2.75) is 58.2 Å². The molecule has 0 bridgehead atoms. The molecule has 0 heterocycles. The minimum absolute atomic E-state index is 0.0895. The SMILES string of the molecule is CCCN(CCC)C(=O)c1cc(C)cc(C(=O)N(C[C@@H](O)[C@@H](N)Cc2cc(F)cc(F)c2)[C@@H](CO)C(=O)NC)c1. The van der Waals surface area contributed by atoms with E-state index in [9.17, 15) is 33.4 Å². The molecule has 0 aliphatic heterocycles. The first kappa shape index (κ1) is 32.8. The highest BCUT2D eigenvalue weighted by molar-refractivity contribution is 6.01. The van der Waals surface area contributed by atoms with Gasteiger partial charge in [0.1, 0.15) is 17.7 Å². The molecule has 0 aromatic heterocycles. The van der Waals surface area contributed by atoms with E-state index in [0.717, 1.165) is 29.9 Å². The molecule has 0 spiro atoms. The summed E-state index contributed by atoms with van der Waals surface area (Å²) >= 11 is 0. The van der Waals surface area contributed by atoms with Crippen LogP contribution in [0.2, 0.25) is 0 Å². The van der Waals surface area contributed by atoms with Gasteiger partial charge in [-0.15, -0.1) is 0 Å². The monoisotopic (exact) mass is 562 g/mol. The zero-order valence-electron chi connectivity index (χ0n) is 23.5. The second-order valence-corrected chi connectivity index (χ2v) is 9.86. The van der Waals surface area contributed by atoms with Crippen LogP contribution in [0.15, 0.2) is 36.4 Å². The van der Waals surface area contributed by atoms with E-state index >= 15 is 0 Å². The topological polar surface area (TPSA) is 136 Å². The number of likely N-dealkylation sites (N-methyl/N-ethyl adjacent to an activating group) is 1. The fraction of sp³-hybridized carbons (Fsp3) is 0.483. The summed E-state index contributed by atoms with van der Waals surface area (Å²) in [5, 5.41) is 23.3. The minimum atomic E-state index is -1.43. The molecule has 5 N–H and O–H groups in total. The average molecular weight is 563 g/mol. The number of carbonyl (C=O) groups is 3. The third kappa shape index (κ3) is 8.80. The van der Waals surface area contributed by atoms with Crippen LogP contribution < -0.4 is 11.1 Å². The van der Waals surface area contributed by atoms with E-state index in [4.69, 9.17) is 5.73 Å². The number of aliphatic hydroxyl groups is 2. The van der Waals surface area contributed by atoms with Gasteiger partial charge in [-0.3, -0.25) is 14.4 Å². The standard InChI is InChI=1S/C29H40F2N4O5/c1-5-7-34(8-6-2)28(39)20-9-18(3)10-21(14-20)29(40)35(25(17-36)27(38)33-4)16-26(37)24(32)13-19-11-22(30)15-23(31)12-19/h9-12,14-15,24-26,36-37H,5-8,13,16-17,32H2,1-4H3,(H,33,38)/t24-,25-,26+/m0/s1. The average Bonchev–Trinajstić information content (AvgIpc) is 2.90. The smallest absolute Gasteiger partial charge is 0.254 e. The van der Waals surface area contributed by atoms with Crippen molar-refractivity contribution < 1.29 is 33.4 Å². The van der Waals surface area contributed by atoms with Crippen LogP contribution in [0.1, 0.15) is 58.5 Å². The van der Waals surface area contributed by atoms with Crippen molar-refractivity contribution >= 4 is 17.7 Å². The van der Waals surface area contributed by atoms with Crippen LogP contribution in [0.25, 0.3) is 0 Å². The van der Waals surface area contributed by atoms with Gasteiger partial charge in [0.2, 0.25) is 5.91 Å². The third-order valence-corrected chi connectivity index (χ3v) is 6.48. The first-order valence-electron chi connectivity index (χ1n) is 13.4. The van der Waals surface area contributed by atoms with Crippen molar-refractivity contribution in [1.29, 1.82) is 0 Å². The molecule has 2 aromatic carbocycles. The quantitative estimate of drug-likeness (QED) is 0.278. The molecule has 0 saturated heterocycles. The van der Waals surface area contributed by atoms with Crippen LogP contribution in [0.4, 0.5) is 8.78 Å². The van der Waals surface area contributed by atoms with Gasteiger partial charge in [-0.1, -0.05) is 13.8 Å². The van der Waals surface area contributed by atoms with Crippen molar-refractivity contribution in [2.24, 2.45) is 5.73 Å². The zero-order valence-corrected chi connectivity index (χ0v) is 23.5. The van der Waals surface area contributed by atoms with Gasteiger partial charge in [0.25, 0.3) is 11.8 Å². The van der Waals surface area contributed by atoms with Crippen molar-refractivity contribution in [3.63, 3.8) is 0 Å². The van der Waals surface area contributed by atoms with Crippen molar-refractivity contribution in [1.82, 2.24) is 15.1 Å². The lowest BCUT2D eigenvalue weighted by Crippen LogP contribution is -2.55. The largest absolute Gasteiger partial charge is 0.394 e. The molecule has 3 amide bonds. The Morgan fingerprint density at radius 1 is 0.950 bits per heavy atom. The number of rotatable bonds is 14. The molecule has 0 unspecified atom stereocenters. The lowest BCUT2D eigenvalue weighted by molar-refractivity contribution is -0.127. The Bertz CT molecular complexity index is 1150. The molecule has 0 aliphatic rings. The molecule has 11 heteroatoms. The Kier molecular flexibility index (Phi) is 12.6. The van der Waals surface area contributed by atoms with Crippen LogP contribution in [-0.4, -0.2) is 89.2 Å². The number of nitrogens with two attached hydrogens (primary N) is 1. The van der Waals surface area contributed by atoms with E-state index < -0.39 is 54.8 Å². The van der Waals surface area contributed by atoms with Gasteiger partial charge in [0.15, 0.2) is 0 Å². The van der Waals surface area contributed by atoms with E-state index in [-0.39, 0.29) is 23.5 Å². The molecule has 0 fully saturated rings. The third-order valence-electron chi connectivity index (χ3n) is 6.48. The molecule has 0 saturated carbocycles. The Labute approximate surface area is 234 Å². The highest BCUT2D eigenvalue weighted by atomic mass is 19.1. The zero-order chi connectivity index (χ0) is 30.0. The Morgan fingerprint density at radius 2 is 1.50 bits per heavy atom. The molecule has 2 rings (SSSR count). The number of benzene rings is 2. The second-order valence-electron chi connectivity index (χ2n) is 9.86. The lowest BCUT2D eigenvalue weighted by Gasteiger charge is -2.33. The fourth-order valence-electron chi connectivity index (χ4n) is 4.55. The van der Waals surface area contributed by atoms with Gasteiger partial charge in [0, 0.05) is 49.9 Å². The van der Waals surface area contributed by atoms with Crippen molar-refractivity contribution in [2.75, 3.05) is 33.3 Å². The summed E-state index contributed by atoms with van der Waals surface area (Å²) in [5.41, 5.74) is 7.35. The number of aryl methyl sites for hydroxylation is 1. The number of amides is 3. The van der Waals surface area contributed by atoms with Gasteiger partial charge in [-0.25, -0.2) is 8.78 Å². The maximum Gasteiger partial charge on any atom is 0.254 e. The van der Waals surface area contributed by atoms with Gasteiger partial charge >= 0.3 is 0 Å². The van der Waals surface area contributed by atoms with Crippen molar-refractivity contribution in [3.05, 3.63) is 70.3 Å². The van der Waals surface area contributed by atoms with E-state index in [1.165, 1.54) is 13.1 Å². The number of nitrogens with one attached hydrogen (secondary N) is 1. The summed E-state index contributed by atoms with van der Waals surface area (Å²) in [6.45, 7) is 5.55. The highest BCUT2D eigenvalue weighted by Crippen LogP contribution is 2.18. The molecule has 3 atom stereocenters. The molecule has 0 radical (unpaired) electrons. The highest BCUT2D eigenvalue weighted by Gasteiger charge is 2.33. The van der Waals surface area contributed by atoms with E-state index in [0.29, 0.717) is 30.3 Å². The number of hydrogen-bond donors (Lipinski definition) is 4. The summed E-state index contributed by atoms with van der Waals surface area (Å²) in [4.78, 5) is 42.3. The second kappa shape index (κ2) is 15.4. The summed E-state index contributed by atoms with van der Waals surface area (Å²) < 4.78 is 27.3. The Morgan fingerprint density at radius 3 is 2.00 bits per heavy atom. The molecule has 9 nitrogen and oxygen atoms in total. The first-order valence-corrected chi connectivity index (χ1v) is 13.4. The van der Waals surface area contributed by atoms with Crippen molar-refractivity contribution in [3.8, 4) is 0 Å². The Balaban J connectivity index is 2.41. The van der Waals surface area contributed by atoms with E-state index in [1.54, 1.807) is 24.0 Å². The molecule has 2 aromatic rings.